The predicted molar refractivity (Wildman–Crippen MR) is 86.8 cm³/mol. The summed E-state index contributed by atoms with van der Waals surface area (Å²) in [6, 6.07) is 0.608. The molecule has 1 amide bonds. The Morgan fingerprint density at radius 2 is 2.05 bits per heavy atom. The highest BCUT2D eigenvalue weighted by Gasteiger charge is 2.45. The van der Waals surface area contributed by atoms with Crippen molar-refractivity contribution in [1.29, 1.82) is 0 Å². The second-order valence-electron chi connectivity index (χ2n) is 7.20. The van der Waals surface area contributed by atoms with Gasteiger partial charge in [-0.2, -0.15) is 0 Å². The Morgan fingerprint density at radius 3 is 2.68 bits per heavy atom. The van der Waals surface area contributed by atoms with E-state index in [0.29, 0.717) is 12.5 Å². The molecule has 0 radical (unpaired) electrons. The lowest BCUT2D eigenvalue weighted by Gasteiger charge is -2.47. The molecule has 0 bridgehead atoms. The van der Waals surface area contributed by atoms with Crippen LogP contribution in [-0.2, 0) is 9.53 Å². The van der Waals surface area contributed by atoms with Crippen LogP contribution in [0, 0.1) is 0 Å². The Balaban J connectivity index is 1.59. The first-order valence-corrected chi connectivity index (χ1v) is 9.06. The molecule has 0 aromatic heterocycles. The summed E-state index contributed by atoms with van der Waals surface area (Å²) in [5, 5.41) is 6.74. The smallest absolute Gasteiger partial charge is 0.221 e. The number of amides is 1. The Morgan fingerprint density at radius 1 is 1.32 bits per heavy atom. The molecule has 2 heterocycles. The number of morpholine rings is 1. The summed E-state index contributed by atoms with van der Waals surface area (Å²) in [7, 11) is 0. The standard InChI is InChI=1S/C17H31N3O2/c1-14(19-16(21)13-15-5-4-8-18-15)17(6-2-3-7-17)20-9-11-22-12-10-20/h14-15,18H,2-13H2,1H3,(H,19,21). The van der Waals surface area contributed by atoms with E-state index < -0.39 is 0 Å². The van der Waals surface area contributed by atoms with Crippen molar-refractivity contribution in [3.05, 3.63) is 0 Å². The highest BCUT2D eigenvalue weighted by molar-refractivity contribution is 5.77. The molecule has 126 valence electrons. The van der Waals surface area contributed by atoms with Gasteiger partial charge in [0.25, 0.3) is 0 Å². The first-order chi connectivity index (χ1) is 10.7. The van der Waals surface area contributed by atoms with Crippen LogP contribution in [0.25, 0.3) is 0 Å². The van der Waals surface area contributed by atoms with Crippen molar-refractivity contribution in [2.45, 2.75) is 69.5 Å². The fourth-order valence-electron chi connectivity index (χ4n) is 4.61. The lowest BCUT2D eigenvalue weighted by atomic mass is 9.86. The van der Waals surface area contributed by atoms with Gasteiger partial charge in [0.1, 0.15) is 0 Å². The molecule has 3 rings (SSSR count). The summed E-state index contributed by atoms with van der Waals surface area (Å²) >= 11 is 0. The normalized spacial score (nSPS) is 30.3. The average molecular weight is 309 g/mol. The predicted octanol–water partition coefficient (Wildman–Crippen LogP) is 1.28. The second-order valence-corrected chi connectivity index (χ2v) is 7.20. The van der Waals surface area contributed by atoms with E-state index in [0.717, 1.165) is 39.3 Å². The molecular weight excluding hydrogens is 278 g/mol. The number of carbonyl (C=O) groups excluding carboxylic acids is 1. The Hall–Kier alpha value is -0.650. The Kier molecular flexibility index (Phi) is 5.37. The highest BCUT2D eigenvalue weighted by atomic mass is 16.5. The van der Waals surface area contributed by atoms with Crippen LogP contribution in [0.2, 0.25) is 0 Å². The lowest BCUT2D eigenvalue weighted by Crippen LogP contribution is -2.62. The van der Waals surface area contributed by atoms with E-state index in [4.69, 9.17) is 4.74 Å². The molecule has 5 heteroatoms. The SMILES string of the molecule is CC(NC(=O)CC1CCCN1)C1(N2CCOCC2)CCCC1. The van der Waals surface area contributed by atoms with Gasteiger partial charge in [0.2, 0.25) is 5.91 Å². The fraction of sp³-hybridized carbons (Fsp3) is 0.941. The molecule has 22 heavy (non-hydrogen) atoms. The van der Waals surface area contributed by atoms with Crippen LogP contribution in [0.1, 0.15) is 51.9 Å². The van der Waals surface area contributed by atoms with Gasteiger partial charge in [-0.15, -0.1) is 0 Å². The first-order valence-electron chi connectivity index (χ1n) is 9.06. The van der Waals surface area contributed by atoms with E-state index in [9.17, 15) is 4.79 Å². The second kappa shape index (κ2) is 7.28. The summed E-state index contributed by atoms with van der Waals surface area (Å²) in [5.41, 5.74) is 0.155. The van der Waals surface area contributed by atoms with E-state index in [1.807, 2.05) is 0 Å². The maximum Gasteiger partial charge on any atom is 0.221 e. The van der Waals surface area contributed by atoms with Gasteiger partial charge in [-0.3, -0.25) is 9.69 Å². The highest BCUT2D eigenvalue weighted by Crippen LogP contribution is 2.38. The van der Waals surface area contributed by atoms with Crippen LogP contribution < -0.4 is 10.6 Å². The molecule has 0 aromatic rings. The zero-order valence-corrected chi connectivity index (χ0v) is 13.9. The molecule has 0 spiro atoms. The number of nitrogens with zero attached hydrogens (tertiary/aromatic N) is 1. The van der Waals surface area contributed by atoms with Crippen molar-refractivity contribution in [2.24, 2.45) is 0 Å². The van der Waals surface area contributed by atoms with Gasteiger partial charge in [-0.25, -0.2) is 0 Å². The van der Waals surface area contributed by atoms with Crippen molar-refractivity contribution >= 4 is 5.91 Å². The molecule has 5 nitrogen and oxygen atoms in total. The maximum absolute atomic E-state index is 12.4. The van der Waals surface area contributed by atoms with Gasteiger partial charge in [0.05, 0.1) is 13.2 Å². The van der Waals surface area contributed by atoms with E-state index >= 15 is 0 Å². The molecule has 2 N–H and O–H groups in total. The van der Waals surface area contributed by atoms with Gasteiger partial charge in [-0.05, 0) is 39.2 Å². The van der Waals surface area contributed by atoms with Crippen molar-refractivity contribution in [3.63, 3.8) is 0 Å². The van der Waals surface area contributed by atoms with Crippen molar-refractivity contribution in [2.75, 3.05) is 32.8 Å². The number of hydrogen-bond acceptors (Lipinski definition) is 4. The number of hydrogen-bond donors (Lipinski definition) is 2. The van der Waals surface area contributed by atoms with Crippen LogP contribution in [0.5, 0.6) is 0 Å². The molecule has 2 aliphatic heterocycles. The zero-order valence-electron chi connectivity index (χ0n) is 13.9. The zero-order chi connectivity index (χ0) is 15.4. The molecule has 1 aliphatic carbocycles. The molecule has 0 aromatic carbocycles. The van der Waals surface area contributed by atoms with Crippen LogP contribution >= 0.6 is 0 Å². The minimum Gasteiger partial charge on any atom is -0.379 e. The van der Waals surface area contributed by atoms with Crippen molar-refractivity contribution in [3.8, 4) is 0 Å². The van der Waals surface area contributed by atoms with Crippen LogP contribution in [0.3, 0.4) is 0 Å². The number of ether oxygens (including phenoxy) is 1. The fourth-order valence-corrected chi connectivity index (χ4v) is 4.61. The van der Waals surface area contributed by atoms with Gasteiger partial charge in [0.15, 0.2) is 0 Å². The minimum atomic E-state index is 0.155. The summed E-state index contributed by atoms with van der Waals surface area (Å²) in [5.74, 6) is 0.214. The molecule has 2 unspecified atom stereocenters. The molecule has 1 saturated carbocycles. The van der Waals surface area contributed by atoms with Gasteiger partial charge < -0.3 is 15.4 Å². The van der Waals surface area contributed by atoms with Gasteiger partial charge in [-0.1, -0.05) is 12.8 Å². The largest absolute Gasteiger partial charge is 0.379 e. The van der Waals surface area contributed by atoms with Crippen molar-refractivity contribution < 1.29 is 9.53 Å². The first kappa shape index (κ1) is 16.2. The number of nitrogens with one attached hydrogen (secondary N) is 2. The molecule has 3 fully saturated rings. The van der Waals surface area contributed by atoms with Gasteiger partial charge in [0, 0.05) is 37.1 Å². The monoisotopic (exact) mass is 309 g/mol. The van der Waals surface area contributed by atoms with Crippen LogP contribution in [0.15, 0.2) is 0 Å². The Labute approximate surface area is 134 Å². The Bertz CT molecular complexity index is 370. The van der Waals surface area contributed by atoms with Crippen LogP contribution in [0.4, 0.5) is 0 Å². The molecule has 2 atom stereocenters. The third kappa shape index (κ3) is 3.47. The van der Waals surface area contributed by atoms with Gasteiger partial charge >= 0.3 is 0 Å². The molecule has 3 aliphatic rings. The summed E-state index contributed by atoms with van der Waals surface area (Å²) in [6.07, 6.45) is 7.93. The third-order valence-corrected chi connectivity index (χ3v) is 5.89. The number of carbonyl (C=O) groups is 1. The van der Waals surface area contributed by atoms with Crippen molar-refractivity contribution in [1.82, 2.24) is 15.5 Å². The summed E-state index contributed by atoms with van der Waals surface area (Å²) in [6.45, 7) is 6.93. The molecular formula is C17H31N3O2. The summed E-state index contributed by atoms with van der Waals surface area (Å²) in [4.78, 5) is 15.0. The van der Waals surface area contributed by atoms with E-state index in [1.54, 1.807) is 0 Å². The number of rotatable bonds is 5. The maximum atomic E-state index is 12.4. The summed E-state index contributed by atoms with van der Waals surface area (Å²) < 4.78 is 5.52. The van der Waals surface area contributed by atoms with E-state index in [1.165, 1.54) is 32.1 Å². The topological polar surface area (TPSA) is 53.6 Å². The third-order valence-electron chi connectivity index (χ3n) is 5.89. The lowest BCUT2D eigenvalue weighted by molar-refractivity contribution is -0.123. The van der Waals surface area contributed by atoms with Crippen LogP contribution in [-0.4, -0.2) is 61.3 Å². The minimum absolute atomic E-state index is 0.155. The average Bonchev–Trinajstić information content (AvgIpc) is 3.19. The van der Waals surface area contributed by atoms with E-state index in [-0.39, 0.29) is 17.5 Å². The van der Waals surface area contributed by atoms with E-state index in [2.05, 4.69) is 22.5 Å². The quantitative estimate of drug-likeness (QED) is 0.803. The molecule has 2 saturated heterocycles.